The summed E-state index contributed by atoms with van der Waals surface area (Å²) in [5.74, 6) is -0.835. The van der Waals surface area contributed by atoms with Gasteiger partial charge in [-0.3, -0.25) is 4.99 Å². The van der Waals surface area contributed by atoms with E-state index in [1.807, 2.05) is 24.4 Å². The first-order valence-electron chi connectivity index (χ1n) is 9.48. The lowest BCUT2D eigenvalue weighted by Crippen LogP contribution is -2.09. The maximum Gasteiger partial charge on any atom is 0.420 e. The van der Waals surface area contributed by atoms with E-state index < -0.39 is 29.9 Å². The number of hydrogen-bond donors (Lipinski definition) is 0. The minimum atomic E-state index is -4.74. The van der Waals surface area contributed by atoms with Crippen molar-refractivity contribution in [1.29, 1.82) is 0 Å². The molecule has 0 unspecified atom stereocenters. The van der Waals surface area contributed by atoms with Crippen LogP contribution in [-0.2, 0) is 12.6 Å². The molecule has 2 heterocycles. The van der Waals surface area contributed by atoms with E-state index in [0.29, 0.717) is 5.56 Å². The van der Waals surface area contributed by atoms with Gasteiger partial charge < -0.3 is 9.26 Å². The van der Waals surface area contributed by atoms with Gasteiger partial charge in [0, 0.05) is 17.3 Å². The summed E-state index contributed by atoms with van der Waals surface area (Å²) in [6.45, 7) is 2.13. The summed E-state index contributed by atoms with van der Waals surface area (Å²) < 4.78 is 63.1. The van der Waals surface area contributed by atoms with Gasteiger partial charge in [-0.05, 0) is 49.1 Å². The van der Waals surface area contributed by atoms with E-state index >= 15 is 0 Å². The second-order valence-corrected chi connectivity index (χ2v) is 6.95. The van der Waals surface area contributed by atoms with Crippen molar-refractivity contribution in [3.8, 4) is 28.6 Å². The number of ether oxygens (including phenoxy) is 1. The number of aryl methyl sites for hydroxylation is 1. The van der Waals surface area contributed by atoms with Crippen LogP contribution in [0.15, 0.2) is 58.3 Å². The van der Waals surface area contributed by atoms with Crippen LogP contribution in [-0.4, -0.2) is 23.0 Å². The van der Waals surface area contributed by atoms with Gasteiger partial charge in [0.1, 0.15) is 18.2 Å². The highest BCUT2D eigenvalue weighted by Crippen LogP contribution is 2.39. The normalized spacial score (nSPS) is 13.5. The summed E-state index contributed by atoms with van der Waals surface area (Å²) in [6, 6.07) is 8.81. The molecule has 0 amide bonds. The van der Waals surface area contributed by atoms with Gasteiger partial charge in [-0.25, -0.2) is 4.39 Å². The molecule has 0 saturated carbocycles. The number of rotatable bonds is 5. The third-order valence-electron chi connectivity index (χ3n) is 4.71. The average Bonchev–Trinajstić information content (AvgIpc) is 3.12. The predicted molar refractivity (Wildman–Crippen MR) is 107 cm³/mol. The first-order chi connectivity index (χ1) is 14.8. The predicted octanol–water partition coefficient (Wildman–Crippen LogP) is 6.32. The number of nitrogens with zero attached hydrogens (tertiary/aromatic N) is 3. The number of alkyl halides is 4. The van der Waals surface area contributed by atoms with Crippen LogP contribution in [0.2, 0.25) is 0 Å². The first kappa shape index (κ1) is 20.8. The van der Waals surface area contributed by atoms with Crippen molar-refractivity contribution < 1.29 is 26.8 Å². The lowest BCUT2D eigenvalue weighted by Gasteiger charge is -2.14. The van der Waals surface area contributed by atoms with E-state index in [0.717, 1.165) is 42.6 Å². The zero-order valence-corrected chi connectivity index (χ0v) is 16.2. The molecule has 5 nitrogen and oxygen atoms in total. The van der Waals surface area contributed by atoms with E-state index in [2.05, 4.69) is 21.7 Å². The molecule has 1 aliphatic heterocycles. The molecular weight excluding hydrogens is 414 g/mol. The van der Waals surface area contributed by atoms with Crippen LogP contribution in [0.3, 0.4) is 0 Å². The van der Waals surface area contributed by atoms with E-state index in [4.69, 9.17) is 9.26 Å². The topological polar surface area (TPSA) is 60.5 Å². The van der Waals surface area contributed by atoms with Crippen molar-refractivity contribution >= 4 is 11.9 Å². The number of aliphatic imine (C=N–C) groups is 1. The zero-order valence-electron chi connectivity index (χ0n) is 16.2. The van der Waals surface area contributed by atoms with Gasteiger partial charge in [0.15, 0.2) is 0 Å². The fraction of sp³-hybridized carbons (Fsp3) is 0.227. The van der Waals surface area contributed by atoms with Gasteiger partial charge in [-0.2, -0.15) is 18.2 Å². The van der Waals surface area contributed by atoms with E-state index in [1.54, 1.807) is 0 Å². The van der Waals surface area contributed by atoms with Crippen LogP contribution in [0.1, 0.15) is 24.0 Å². The van der Waals surface area contributed by atoms with Crippen molar-refractivity contribution in [2.75, 3.05) is 6.67 Å². The molecule has 0 radical (unpaired) electrons. The quantitative estimate of drug-likeness (QED) is 0.350. The van der Waals surface area contributed by atoms with Crippen molar-refractivity contribution in [2.24, 2.45) is 4.99 Å². The molecule has 1 aliphatic rings. The summed E-state index contributed by atoms with van der Waals surface area (Å²) in [5, 5.41) is 3.90. The van der Waals surface area contributed by atoms with Crippen LogP contribution in [0.5, 0.6) is 5.75 Å². The fourth-order valence-electron chi connectivity index (χ4n) is 3.20. The number of hydrogen-bond acceptors (Lipinski definition) is 5. The molecule has 0 N–H and O–H groups in total. The Kier molecular flexibility index (Phi) is 5.58. The summed E-state index contributed by atoms with van der Waals surface area (Å²) in [7, 11) is 0. The highest BCUT2D eigenvalue weighted by Gasteiger charge is 2.35. The zero-order chi connectivity index (χ0) is 22.0. The molecule has 160 valence electrons. The molecule has 31 heavy (non-hydrogen) atoms. The van der Waals surface area contributed by atoms with Gasteiger partial charge in [0.05, 0.1) is 11.3 Å². The number of allylic oxidation sites excluding steroid dienone is 1. The Balaban J connectivity index is 1.67. The Labute approximate surface area is 175 Å². The largest absolute Gasteiger partial charge is 0.459 e. The van der Waals surface area contributed by atoms with Crippen LogP contribution >= 0.6 is 0 Å². The summed E-state index contributed by atoms with van der Waals surface area (Å²) in [4.78, 5) is 8.67. The summed E-state index contributed by atoms with van der Waals surface area (Å²) in [5.41, 5.74) is 1.52. The summed E-state index contributed by atoms with van der Waals surface area (Å²) >= 11 is 0. The van der Waals surface area contributed by atoms with E-state index in [-0.39, 0.29) is 17.3 Å². The molecule has 3 aromatic rings. The molecule has 0 bridgehead atoms. The molecule has 4 rings (SSSR count). The van der Waals surface area contributed by atoms with Crippen LogP contribution in [0.4, 0.5) is 23.2 Å². The molecule has 1 aromatic heterocycles. The van der Waals surface area contributed by atoms with Gasteiger partial charge in [-0.1, -0.05) is 23.9 Å². The van der Waals surface area contributed by atoms with Gasteiger partial charge in [0.2, 0.25) is 5.82 Å². The Bertz CT molecular complexity index is 1150. The van der Waals surface area contributed by atoms with Crippen molar-refractivity contribution in [1.82, 2.24) is 10.1 Å². The van der Waals surface area contributed by atoms with Crippen LogP contribution < -0.4 is 4.74 Å². The maximum absolute atomic E-state index is 13.5. The first-order valence-corrected chi connectivity index (χ1v) is 9.48. The van der Waals surface area contributed by atoms with E-state index in [9.17, 15) is 17.6 Å². The second-order valence-electron chi connectivity index (χ2n) is 6.95. The van der Waals surface area contributed by atoms with Crippen LogP contribution in [0, 0.1) is 0 Å². The SMILES string of the molecule is C=C(CF)Oc1ccc(-c2nc(-c3ccc4c(c3)N=CCCC4)no2)cc1C(F)(F)F. The Morgan fingerprint density at radius 3 is 2.71 bits per heavy atom. The number of aromatic nitrogens is 2. The molecule has 0 atom stereocenters. The second kappa shape index (κ2) is 8.33. The molecule has 0 aliphatic carbocycles. The minimum absolute atomic E-state index is 0.0528. The molecular formula is C22H17F4N3O2. The third-order valence-corrected chi connectivity index (χ3v) is 4.71. The molecule has 0 saturated heterocycles. The van der Waals surface area contributed by atoms with Crippen molar-refractivity contribution in [2.45, 2.75) is 25.4 Å². The lowest BCUT2D eigenvalue weighted by molar-refractivity contribution is -0.138. The number of fused-ring (bicyclic) bond motifs is 1. The van der Waals surface area contributed by atoms with Crippen LogP contribution in [0.25, 0.3) is 22.8 Å². The molecule has 0 fully saturated rings. The maximum atomic E-state index is 13.5. The Morgan fingerprint density at radius 1 is 1.13 bits per heavy atom. The third kappa shape index (κ3) is 4.50. The highest BCUT2D eigenvalue weighted by atomic mass is 19.4. The van der Waals surface area contributed by atoms with Gasteiger partial charge in [0.25, 0.3) is 5.89 Å². The van der Waals surface area contributed by atoms with Gasteiger partial charge >= 0.3 is 6.18 Å². The van der Waals surface area contributed by atoms with Crippen molar-refractivity contribution in [3.63, 3.8) is 0 Å². The molecule has 2 aromatic carbocycles. The number of benzene rings is 2. The highest BCUT2D eigenvalue weighted by molar-refractivity contribution is 5.71. The Hall–Kier alpha value is -3.49. The smallest absolute Gasteiger partial charge is 0.420 e. The minimum Gasteiger partial charge on any atom is -0.459 e. The standard InChI is InChI=1S/C22H17F4N3O2/c1-13(12-23)30-19-8-7-16(10-17(19)22(24,25)26)21-28-20(29-31-21)15-6-5-14-4-2-3-9-27-18(14)11-15/h5-11H,1-4,12H2. The molecule has 9 heteroatoms. The lowest BCUT2D eigenvalue weighted by atomic mass is 10.0. The monoisotopic (exact) mass is 431 g/mol. The van der Waals surface area contributed by atoms with Gasteiger partial charge in [-0.15, -0.1) is 0 Å². The Morgan fingerprint density at radius 2 is 1.94 bits per heavy atom. The fourth-order valence-corrected chi connectivity index (χ4v) is 3.20. The average molecular weight is 431 g/mol. The van der Waals surface area contributed by atoms with E-state index in [1.165, 1.54) is 6.07 Å². The summed E-state index contributed by atoms with van der Waals surface area (Å²) in [6.07, 6.45) is -0.0497. The van der Waals surface area contributed by atoms with Crippen molar-refractivity contribution in [3.05, 3.63) is 59.9 Å². The molecule has 0 spiro atoms. The number of halogens is 4.